The summed E-state index contributed by atoms with van der Waals surface area (Å²) in [6.07, 6.45) is 0. The van der Waals surface area contributed by atoms with E-state index >= 15 is 0 Å². The molecule has 0 N–H and O–H groups in total. The van der Waals surface area contributed by atoms with Crippen LogP contribution >= 0.6 is 15.8 Å². The predicted octanol–water partition coefficient (Wildman–Crippen LogP) is 8.47. The van der Waals surface area contributed by atoms with Crippen molar-refractivity contribution in [3.63, 3.8) is 0 Å². The van der Waals surface area contributed by atoms with Gasteiger partial charge in [0.15, 0.2) is 19.6 Å². The van der Waals surface area contributed by atoms with Crippen molar-refractivity contribution in [1.29, 1.82) is 0 Å². The molecule has 0 fully saturated rings. The van der Waals surface area contributed by atoms with E-state index in [1.54, 1.807) is 0 Å². The maximum Gasteiger partial charge on any atom is 0.180 e. The van der Waals surface area contributed by atoms with Crippen LogP contribution in [-0.4, -0.2) is 8.07 Å². The molecule has 5 heteroatoms. The van der Waals surface area contributed by atoms with Gasteiger partial charge in [-0.2, -0.15) is 0 Å². The van der Waals surface area contributed by atoms with Crippen LogP contribution in [0.2, 0.25) is 0 Å². The van der Waals surface area contributed by atoms with Crippen LogP contribution in [0.1, 0.15) is 0 Å². The molecular formula is C54H39NOP2Si. The molecule has 11 rings (SSSR count). The first-order valence-electron chi connectivity index (χ1n) is 20.1. The molecule has 9 aromatic rings. The van der Waals surface area contributed by atoms with E-state index in [1.165, 1.54) is 52.6 Å². The van der Waals surface area contributed by atoms with E-state index in [1.807, 2.05) is 12.1 Å². The third-order valence-electron chi connectivity index (χ3n) is 11.7. The maximum atomic E-state index is 6.38. The lowest BCUT2D eigenvalue weighted by molar-refractivity contribution is 0.477. The number of fused-ring (bicyclic) bond motifs is 4. The van der Waals surface area contributed by atoms with Crippen molar-refractivity contribution >= 4 is 93.6 Å². The first-order chi connectivity index (χ1) is 29.3. The summed E-state index contributed by atoms with van der Waals surface area (Å²) in [4.78, 5) is 2.34. The van der Waals surface area contributed by atoms with Gasteiger partial charge in [-0.3, -0.25) is 0 Å². The Hall–Kier alpha value is -6.34. The van der Waals surface area contributed by atoms with E-state index in [0.717, 1.165) is 28.6 Å². The fourth-order valence-electron chi connectivity index (χ4n) is 9.20. The molecule has 0 aliphatic carbocycles. The molecule has 59 heavy (non-hydrogen) atoms. The zero-order valence-electron chi connectivity index (χ0n) is 32.3. The van der Waals surface area contributed by atoms with E-state index in [0.29, 0.717) is 0 Å². The van der Waals surface area contributed by atoms with Crippen LogP contribution in [0.25, 0.3) is 0 Å². The van der Waals surface area contributed by atoms with Crippen molar-refractivity contribution in [2.24, 2.45) is 0 Å². The van der Waals surface area contributed by atoms with Crippen molar-refractivity contribution in [2.75, 3.05) is 4.90 Å². The molecule has 0 amide bonds. The Bertz CT molecular complexity index is 2800. The highest BCUT2D eigenvalue weighted by Crippen LogP contribution is 2.50. The van der Waals surface area contributed by atoms with Gasteiger partial charge in [-0.05, 0) is 111 Å². The van der Waals surface area contributed by atoms with Crippen molar-refractivity contribution in [1.82, 2.24) is 0 Å². The van der Waals surface area contributed by atoms with E-state index in [4.69, 9.17) is 4.74 Å². The Labute approximate surface area is 349 Å². The molecule has 0 radical (unpaired) electrons. The monoisotopic (exact) mass is 807 g/mol. The molecular weight excluding hydrogens is 769 g/mol. The van der Waals surface area contributed by atoms with Gasteiger partial charge >= 0.3 is 0 Å². The molecule has 0 spiro atoms. The fraction of sp³-hybridized carbons (Fsp3) is 0. The summed E-state index contributed by atoms with van der Waals surface area (Å²) in [5.74, 6) is 1.72. The lowest BCUT2D eigenvalue weighted by Gasteiger charge is -2.44. The standard InChI is InChI=1S/C54H39NOP2Si/c1-5-19-41(20-6-1)57(42-21-7-2-8-22-42)44-37-38-54-52(39-44)58(51-31-17-18-32-53(51)59(54,45-23-9-3-10-24-45)46-25-11-4-12-26-46)43-35-33-40(34-36-43)55-47-27-13-15-29-49(47)56-50-30-16-14-28-48(50)55/h1-39H. The molecule has 2 aliphatic heterocycles. The largest absolute Gasteiger partial charge is 0.453 e. The predicted molar refractivity (Wildman–Crippen MR) is 256 cm³/mol. The second kappa shape index (κ2) is 15.1. The van der Waals surface area contributed by atoms with Gasteiger partial charge in [0.25, 0.3) is 0 Å². The maximum absolute atomic E-state index is 6.38. The number of para-hydroxylation sites is 4. The van der Waals surface area contributed by atoms with Crippen LogP contribution in [0, 0.1) is 0 Å². The number of rotatable bonds is 7. The van der Waals surface area contributed by atoms with Gasteiger partial charge in [0.05, 0.1) is 11.4 Å². The molecule has 9 aromatic carbocycles. The summed E-state index contributed by atoms with van der Waals surface area (Å²) < 4.78 is 6.38. The Morgan fingerprint density at radius 2 is 0.864 bits per heavy atom. The molecule has 2 aliphatic rings. The Kier molecular flexibility index (Phi) is 9.17. The zero-order valence-corrected chi connectivity index (χ0v) is 35.1. The molecule has 1 atom stereocenters. The SMILES string of the molecule is c1ccc(P(c2ccccc2)c2ccc3c(c2)P(c2ccc(N4c5ccccc5Oc5ccccc54)cc2)c2ccccc2[Si]3(c2ccccc2)c2ccccc2)cc1. The Balaban J connectivity index is 1.16. The molecule has 1 unspecified atom stereocenters. The smallest absolute Gasteiger partial charge is 0.180 e. The molecule has 2 nitrogen and oxygen atoms in total. The minimum Gasteiger partial charge on any atom is -0.453 e. The second-order valence-electron chi connectivity index (χ2n) is 14.9. The fourth-order valence-corrected chi connectivity index (χ4v) is 20.5. The average Bonchev–Trinajstić information content (AvgIpc) is 3.31. The van der Waals surface area contributed by atoms with Gasteiger partial charge in [0, 0.05) is 5.69 Å². The molecule has 0 bridgehead atoms. The van der Waals surface area contributed by atoms with Crippen LogP contribution in [0.4, 0.5) is 17.1 Å². The molecule has 0 aromatic heterocycles. The summed E-state index contributed by atoms with van der Waals surface area (Å²) in [7, 11) is -4.54. The van der Waals surface area contributed by atoms with Gasteiger partial charge in [-0.25, -0.2) is 0 Å². The van der Waals surface area contributed by atoms with Crippen molar-refractivity contribution < 1.29 is 4.74 Å². The van der Waals surface area contributed by atoms with Crippen LogP contribution in [0.5, 0.6) is 11.5 Å². The van der Waals surface area contributed by atoms with Crippen LogP contribution in [0.15, 0.2) is 237 Å². The minimum atomic E-state index is -2.78. The number of ether oxygens (including phenoxy) is 1. The number of benzene rings is 9. The van der Waals surface area contributed by atoms with Gasteiger partial charge in [0.2, 0.25) is 0 Å². The number of nitrogens with zero attached hydrogens (tertiary/aromatic N) is 1. The Morgan fingerprint density at radius 3 is 1.44 bits per heavy atom. The minimum absolute atomic E-state index is 0.812. The van der Waals surface area contributed by atoms with Crippen LogP contribution in [-0.2, 0) is 0 Å². The van der Waals surface area contributed by atoms with Crippen molar-refractivity contribution in [3.05, 3.63) is 237 Å². The number of hydrogen-bond donors (Lipinski definition) is 0. The third kappa shape index (κ3) is 6.00. The molecule has 280 valence electrons. The zero-order chi connectivity index (χ0) is 39.2. The lowest BCUT2D eigenvalue weighted by atomic mass is 10.1. The van der Waals surface area contributed by atoms with Gasteiger partial charge in [-0.15, -0.1) is 0 Å². The Morgan fingerprint density at radius 1 is 0.390 bits per heavy atom. The van der Waals surface area contributed by atoms with E-state index < -0.39 is 23.9 Å². The lowest BCUT2D eigenvalue weighted by Crippen LogP contribution is -2.81. The summed E-state index contributed by atoms with van der Waals surface area (Å²) >= 11 is 0. The van der Waals surface area contributed by atoms with E-state index in [-0.39, 0.29) is 0 Å². The number of hydrogen-bond acceptors (Lipinski definition) is 2. The van der Waals surface area contributed by atoms with Crippen molar-refractivity contribution in [2.45, 2.75) is 0 Å². The highest BCUT2D eigenvalue weighted by Gasteiger charge is 2.49. The highest BCUT2D eigenvalue weighted by molar-refractivity contribution is 7.82. The quantitative estimate of drug-likeness (QED) is 0.119. The molecule has 0 saturated carbocycles. The van der Waals surface area contributed by atoms with Gasteiger partial charge in [0.1, 0.15) is 0 Å². The average molecular weight is 808 g/mol. The van der Waals surface area contributed by atoms with Crippen molar-refractivity contribution in [3.8, 4) is 11.5 Å². The van der Waals surface area contributed by atoms with Crippen LogP contribution in [0.3, 0.4) is 0 Å². The first-order valence-corrected chi connectivity index (χ1v) is 24.8. The normalized spacial score (nSPS) is 14.7. The molecule has 2 heterocycles. The highest BCUT2D eigenvalue weighted by atomic mass is 31.1. The van der Waals surface area contributed by atoms with Crippen LogP contribution < -0.4 is 62.2 Å². The third-order valence-corrected chi connectivity index (χ3v) is 21.9. The second-order valence-corrected chi connectivity index (χ2v) is 23.0. The topological polar surface area (TPSA) is 12.5 Å². The number of anilines is 3. The summed E-state index contributed by atoms with van der Waals surface area (Å²) in [6.45, 7) is 0. The summed E-state index contributed by atoms with van der Waals surface area (Å²) in [5.41, 5.74) is 3.19. The summed E-state index contributed by atoms with van der Waals surface area (Å²) in [5, 5.41) is 14.2. The van der Waals surface area contributed by atoms with Gasteiger partial charge < -0.3 is 9.64 Å². The summed E-state index contributed by atoms with van der Waals surface area (Å²) in [6, 6.07) is 88.1. The first kappa shape index (κ1) is 35.8. The van der Waals surface area contributed by atoms with E-state index in [9.17, 15) is 0 Å². The molecule has 0 saturated heterocycles. The van der Waals surface area contributed by atoms with Gasteiger partial charge in [-0.1, -0.05) is 194 Å². The van der Waals surface area contributed by atoms with E-state index in [2.05, 4.69) is 229 Å².